The van der Waals surface area contributed by atoms with Crippen LogP contribution in [0, 0.1) is 5.82 Å². The Kier molecular flexibility index (Phi) is 4.32. The van der Waals surface area contributed by atoms with E-state index in [9.17, 15) is 9.50 Å². The molecule has 1 aliphatic rings. The summed E-state index contributed by atoms with van der Waals surface area (Å²) in [6, 6.07) is 6.19. The second kappa shape index (κ2) is 5.78. The summed E-state index contributed by atoms with van der Waals surface area (Å²) in [6.07, 6.45) is 0.538. The average Bonchev–Trinajstić information content (AvgIpc) is 2.51. The fraction of sp³-hybridized carbons (Fsp3) is 0.571. The molecular formula is C14H21FN2O. The van der Waals surface area contributed by atoms with Crippen LogP contribution in [0.2, 0.25) is 0 Å². The first-order valence-corrected chi connectivity index (χ1v) is 6.40. The second-order valence-electron chi connectivity index (χ2n) is 5.16. The zero-order chi connectivity index (χ0) is 13.1. The molecule has 1 aromatic rings. The third-order valence-electron chi connectivity index (χ3n) is 3.69. The van der Waals surface area contributed by atoms with Crippen molar-refractivity contribution < 1.29 is 9.50 Å². The van der Waals surface area contributed by atoms with Crippen LogP contribution in [0.5, 0.6) is 0 Å². The fourth-order valence-electron chi connectivity index (χ4n) is 2.53. The van der Waals surface area contributed by atoms with Crippen molar-refractivity contribution in [2.24, 2.45) is 0 Å². The Morgan fingerprint density at radius 2 is 1.89 bits per heavy atom. The fourth-order valence-corrected chi connectivity index (χ4v) is 2.53. The first-order valence-electron chi connectivity index (χ1n) is 6.40. The highest BCUT2D eigenvalue weighted by Gasteiger charge is 2.28. The Balaban J connectivity index is 2.14. The maximum Gasteiger partial charge on any atom is 0.123 e. The standard InChI is InChI=1S/C14H21FN2O/c1-16-8-3-9-17(2)13(10-16)14(18)11-4-6-12(15)7-5-11/h4-7,13-14,18H,3,8-10H2,1-2H3. The van der Waals surface area contributed by atoms with Gasteiger partial charge < -0.3 is 10.0 Å². The third kappa shape index (κ3) is 3.07. The van der Waals surface area contributed by atoms with E-state index in [1.54, 1.807) is 12.1 Å². The predicted molar refractivity (Wildman–Crippen MR) is 69.9 cm³/mol. The molecule has 1 heterocycles. The van der Waals surface area contributed by atoms with E-state index in [-0.39, 0.29) is 11.9 Å². The lowest BCUT2D eigenvalue weighted by molar-refractivity contribution is 0.0572. The number of halogens is 1. The number of benzene rings is 1. The van der Waals surface area contributed by atoms with E-state index < -0.39 is 6.10 Å². The van der Waals surface area contributed by atoms with Gasteiger partial charge in [0.2, 0.25) is 0 Å². The first kappa shape index (κ1) is 13.5. The molecule has 0 spiro atoms. The molecule has 0 saturated carbocycles. The van der Waals surface area contributed by atoms with Gasteiger partial charge in [0.25, 0.3) is 0 Å². The van der Waals surface area contributed by atoms with Crippen LogP contribution in [0.1, 0.15) is 18.1 Å². The molecule has 18 heavy (non-hydrogen) atoms. The maximum absolute atomic E-state index is 12.9. The Labute approximate surface area is 108 Å². The van der Waals surface area contributed by atoms with Gasteiger partial charge in [-0.25, -0.2) is 4.39 Å². The van der Waals surface area contributed by atoms with Crippen molar-refractivity contribution in [1.29, 1.82) is 0 Å². The van der Waals surface area contributed by atoms with Crippen molar-refractivity contribution in [3.8, 4) is 0 Å². The van der Waals surface area contributed by atoms with Crippen LogP contribution in [-0.2, 0) is 0 Å². The molecule has 2 unspecified atom stereocenters. The van der Waals surface area contributed by atoms with Gasteiger partial charge >= 0.3 is 0 Å². The van der Waals surface area contributed by atoms with Crippen LogP contribution >= 0.6 is 0 Å². The summed E-state index contributed by atoms with van der Waals surface area (Å²) in [7, 11) is 4.11. The minimum absolute atomic E-state index is 0.0583. The van der Waals surface area contributed by atoms with E-state index >= 15 is 0 Å². The zero-order valence-electron chi connectivity index (χ0n) is 11.0. The molecule has 0 aromatic heterocycles. The van der Waals surface area contributed by atoms with Crippen LogP contribution in [0.25, 0.3) is 0 Å². The molecule has 1 saturated heterocycles. The van der Waals surface area contributed by atoms with Crippen molar-refractivity contribution in [1.82, 2.24) is 9.80 Å². The highest BCUT2D eigenvalue weighted by atomic mass is 19.1. The lowest BCUT2D eigenvalue weighted by atomic mass is 10.0. The molecular weight excluding hydrogens is 231 g/mol. The van der Waals surface area contributed by atoms with Gasteiger partial charge in [-0.2, -0.15) is 0 Å². The highest BCUT2D eigenvalue weighted by Crippen LogP contribution is 2.23. The lowest BCUT2D eigenvalue weighted by Gasteiger charge is -2.31. The molecule has 0 amide bonds. The predicted octanol–water partition coefficient (Wildman–Crippen LogP) is 1.49. The Morgan fingerprint density at radius 3 is 2.56 bits per heavy atom. The molecule has 1 aromatic carbocycles. The summed E-state index contributed by atoms with van der Waals surface area (Å²) in [6.45, 7) is 2.86. The van der Waals surface area contributed by atoms with Gasteiger partial charge in [0.1, 0.15) is 5.82 Å². The normalized spacial score (nSPS) is 24.8. The summed E-state index contributed by atoms with van der Waals surface area (Å²) >= 11 is 0. The van der Waals surface area contributed by atoms with Crippen LogP contribution in [-0.4, -0.2) is 54.7 Å². The van der Waals surface area contributed by atoms with Crippen molar-refractivity contribution in [3.63, 3.8) is 0 Å². The number of hydrogen-bond donors (Lipinski definition) is 1. The molecule has 4 heteroatoms. The summed E-state index contributed by atoms with van der Waals surface area (Å²) in [5, 5.41) is 10.5. The number of hydrogen-bond acceptors (Lipinski definition) is 3. The largest absolute Gasteiger partial charge is 0.387 e. The van der Waals surface area contributed by atoms with Crippen molar-refractivity contribution in [3.05, 3.63) is 35.6 Å². The molecule has 0 radical (unpaired) electrons. The summed E-state index contributed by atoms with van der Waals surface area (Å²) in [5.74, 6) is -0.266. The van der Waals surface area contributed by atoms with Gasteiger partial charge in [-0.05, 0) is 51.3 Å². The number of aliphatic hydroxyl groups is 1. The van der Waals surface area contributed by atoms with E-state index in [2.05, 4.69) is 16.8 Å². The van der Waals surface area contributed by atoms with Gasteiger partial charge in [-0.1, -0.05) is 12.1 Å². The van der Waals surface area contributed by atoms with E-state index in [1.807, 2.05) is 7.05 Å². The van der Waals surface area contributed by atoms with Crippen LogP contribution in [0.15, 0.2) is 24.3 Å². The number of rotatable bonds is 2. The molecule has 0 bridgehead atoms. The molecule has 2 rings (SSSR count). The molecule has 3 nitrogen and oxygen atoms in total. The van der Waals surface area contributed by atoms with Gasteiger partial charge in [-0.3, -0.25) is 4.90 Å². The molecule has 0 aliphatic carbocycles. The molecule has 1 fully saturated rings. The summed E-state index contributed by atoms with van der Waals surface area (Å²) < 4.78 is 12.9. The monoisotopic (exact) mass is 252 g/mol. The topological polar surface area (TPSA) is 26.7 Å². The molecule has 2 atom stereocenters. The smallest absolute Gasteiger partial charge is 0.123 e. The quantitative estimate of drug-likeness (QED) is 0.864. The van der Waals surface area contributed by atoms with Gasteiger partial charge in [-0.15, -0.1) is 0 Å². The highest BCUT2D eigenvalue weighted by molar-refractivity contribution is 5.20. The average molecular weight is 252 g/mol. The van der Waals surface area contributed by atoms with Gasteiger partial charge in [0.05, 0.1) is 12.1 Å². The van der Waals surface area contributed by atoms with E-state index in [0.29, 0.717) is 0 Å². The van der Waals surface area contributed by atoms with Crippen LogP contribution in [0.4, 0.5) is 4.39 Å². The van der Waals surface area contributed by atoms with Crippen molar-refractivity contribution in [2.75, 3.05) is 33.7 Å². The maximum atomic E-state index is 12.9. The Morgan fingerprint density at radius 1 is 1.22 bits per heavy atom. The van der Waals surface area contributed by atoms with E-state index in [4.69, 9.17) is 0 Å². The summed E-state index contributed by atoms with van der Waals surface area (Å²) in [4.78, 5) is 4.43. The molecule has 100 valence electrons. The van der Waals surface area contributed by atoms with E-state index in [0.717, 1.165) is 31.6 Å². The Hall–Kier alpha value is -0.970. The van der Waals surface area contributed by atoms with Crippen molar-refractivity contribution in [2.45, 2.75) is 18.6 Å². The van der Waals surface area contributed by atoms with Crippen molar-refractivity contribution >= 4 is 0 Å². The Bertz CT molecular complexity index is 382. The number of nitrogens with zero attached hydrogens (tertiary/aromatic N) is 2. The number of likely N-dealkylation sites (N-methyl/N-ethyl adjacent to an activating group) is 2. The summed E-state index contributed by atoms with van der Waals surface area (Å²) in [5.41, 5.74) is 0.781. The lowest BCUT2D eigenvalue weighted by Crippen LogP contribution is -2.42. The van der Waals surface area contributed by atoms with Gasteiger partial charge in [0, 0.05) is 6.54 Å². The second-order valence-corrected chi connectivity index (χ2v) is 5.16. The van der Waals surface area contributed by atoms with Gasteiger partial charge in [0.15, 0.2) is 0 Å². The van der Waals surface area contributed by atoms with E-state index in [1.165, 1.54) is 12.1 Å². The SMILES string of the molecule is CN1CCCN(C)C(C(O)c2ccc(F)cc2)C1. The minimum Gasteiger partial charge on any atom is -0.387 e. The number of aliphatic hydroxyl groups excluding tert-OH is 1. The van der Waals surface area contributed by atoms with Crippen LogP contribution in [0.3, 0.4) is 0 Å². The third-order valence-corrected chi connectivity index (χ3v) is 3.69. The minimum atomic E-state index is -0.573. The molecule has 1 aliphatic heterocycles. The van der Waals surface area contributed by atoms with Crippen LogP contribution < -0.4 is 0 Å². The zero-order valence-corrected chi connectivity index (χ0v) is 11.0. The first-order chi connectivity index (χ1) is 8.58. The molecule has 1 N–H and O–H groups in total.